The Bertz CT molecular complexity index is 492. The molecule has 2 rings (SSSR count). The molecule has 0 aliphatic rings. The third-order valence-corrected chi connectivity index (χ3v) is 2.46. The summed E-state index contributed by atoms with van der Waals surface area (Å²) in [4.78, 5) is 15.8. The monoisotopic (exact) mass is 253 g/mol. The van der Waals surface area contributed by atoms with Crippen LogP contribution in [0.4, 0.5) is 0 Å². The number of Topliss-reactive ketones (excluding diaryl/α,β-unsaturated/α-hetero) is 1. The predicted octanol–water partition coefficient (Wildman–Crippen LogP) is 1.62. The quantitative estimate of drug-likeness (QED) is 0.604. The Labute approximate surface area is 89.1 Å². The van der Waals surface area contributed by atoms with Crippen LogP contribution in [0.15, 0.2) is 18.3 Å². The van der Waals surface area contributed by atoms with Gasteiger partial charge in [-0.2, -0.15) is 5.10 Å². The molecule has 2 aromatic heterocycles. The molecule has 0 aliphatic carbocycles. The molecule has 0 amide bonds. The number of carbonyl (C=O) groups excluding carboxylic acids is 1. The first-order chi connectivity index (χ1) is 6.74. The van der Waals surface area contributed by atoms with E-state index in [1.165, 1.54) is 0 Å². The van der Waals surface area contributed by atoms with E-state index in [4.69, 9.17) is 0 Å². The highest BCUT2D eigenvalue weighted by Crippen LogP contribution is 2.11. The van der Waals surface area contributed by atoms with E-state index in [1.807, 2.05) is 13.0 Å². The lowest BCUT2D eigenvalue weighted by molar-refractivity contribution is 0.101. The number of halogens is 1. The van der Waals surface area contributed by atoms with Crippen molar-refractivity contribution in [2.24, 2.45) is 0 Å². The lowest BCUT2D eigenvalue weighted by Gasteiger charge is -1.96. The van der Waals surface area contributed by atoms with Gasteiger partial charge in [0.15, 0.2) is 11.4 Å². The van der Waals surface area contributed by atoms with Gasteiger partial charge in [0, 0.05) is 6.20 Å². The van der Waals surface area contributed by atoms with Crippen molar-refractivity contribution in [3.8, 4) is 0 Å². The average molecular weight is 254 g/mol. The minimum atomic E-state index is -0.00583. The standard InChI is InChI=1S/C9H8BrN3O/c1-6-9(7(14)5-10)13-8(12-6)3-2-4-11-13/h2-4H,5H2,1H3. The number of rotatable bonds is 2. The fraction of sp³-hybridized carbons (Fsp3) is 0.222. The lowest BCUT2D eigenvalue weighted by atomic mass is 10.3. The molecule has 0 aliphatic heterocycles. The van der Waals surface area contributed by atoms with Gasteiger partial charge in [0.2, 0.25) is 0 Å². The Hall–Kier alpha value is -1.23. The van der Waals surface area contributed by atoms with Crippen molar-refractivity contribution in [2.75, 3.05) is 5.33 Å². The second-order valence-electron chi connectivity index (χ2n) is 2.90. The second-order valence-corrected chi connectivity index (χ2v) is 3.46. The molecule has 5 heteroatoms. The summed E-state index contributed by atoms with van der Waals surface area (Å²) < 4.78 is 1.57. The molecule has 72 valence electrons. The molecule has 0 atom stereocenters. The summed E-state index contributed by atoms with van der Waals surface area (Å²) in [5, 5.41) is 4.37. The van der Waals surface area contributed by atoms with E-state index in [9.17, 15) is 4.79 Å². The topological polar surface area (TPSA) is 47.3 Å². The molecule has 0 fully saturated rings. The molecule has 2 heterocycles. The normalized spacial score (nSPS) is 10.7. The van der Waals surface area contributed by atoms with Crippen molar-refractivity contribution in [3.05, 3.63) is 29.7 Å². The van der Waals surface area contributed by atoms with Gasteiger partial charge >= 0.3 is 0 Å². The lowest BCUT2D eigenvalue weighted by Crippen LogP contribution is -2.07. The van der Waals surface area contributed by atoms with Gasteiger partial charge in [-0.3, -0.25) is 4.79 Å². The van der Waals surface area contributed by atoms with Crippen LogP contribution in [0.2, 0.25) is 0 Å². The molecule has 0 saturated heterocycles. The number of alkyl halides is 1. The Kier molecular flexibility index (Phi) is 2.33. The first-order valence-corrected chi connectivity index (χ1v) is 5.25. The zero-order valence-corrected chi connectivity index (χ0v) is 9.15. The summed E-state index contributed by atoms with van der Waals surface area (Å²) in [6.45, 7) is 1.81. The maximum absolute atomic E-state index is 11.6. The van der Waals surface area contributed by atoms with Crippen LogP contribution in [0.3, 0.4) is 0 Å². The van der Waals surface area contributed by atoms with Crippen LogP contribution in [0.25, 0.3) is 5.65 Å². The summed E-state index contributed by atoms with van der Waals surface area (Å²) in [6, 6.07) is 3.62. The van der Waals surface area contributed by atoms with Gasteiger partial charge in [0.25, 0.3) is 0 Å². The van der Waals surface area contributed by atoms with Gasteiger partial charge in [-0.1, -0.05) is 15.9 Å². The molecule has 0 aromatic carbocycles. The van der Waals surface area contributed by atoms with E-state index in [0.717, 1.165) is 0 Å². The van der Waals surface area contributed by atoms with Crippen LogP contribution in [-0.4, -0.2) is 25.7 Å². The van der Waals surface area contributed by atoms with Gasteiger partial charge in [-0.05, 0) is 19.1 Å². The van der Waals surface area contributed by atoms with Crippen molar-refractivity contribution >= 4 is 27.4 Å². The minimum absolute atomic E-state index is 0.00583. The molecular formula is C9H8BrN3O. The summed E-state index contributed by atoms with van der Waals surface area (Å²) in [6.07, 6.45) is 1.64. The highest BCUT2D eigenvalue weighted by atomic mass is 79.9. The van der Waals surface area contributed by atoms with E-state index in [2.05, 4.69) is 26.0 Å². The van der Waals surface area contributed by atoms with E-state index in [-0.39, 0.29) is 11.1 Å². The number of hydrogen-bond acceptors (Lipinski definition) is 3. The second kappa shape index (κ2) is 3.49. The molecule has 0 radical (unpaired) electrons. The summed E-state index contributed by atoms with van der Waals surface area (Å²) >= 11 is 3.14. The van der Waals surface area contributed by atoms with Crippen LogP contribution in [-0.2, 0) is 0 Å². The van der Waals surface area contributed by atoms with Gasteiger partial charge in [0.05, 0.1) is 11.0 Å². The third-order valence-electron chi connectivity index (χ3n) is 1.95. The highest BCUT2D eigenvalue weighted by molar-refractivity contribution is 9.09. The Morgan fingerprint density at radius 3 is 3.14 bits per heavy atom. The maximum atomic E-state index is 11.6. The van der Waals surface area contributed by atoms with E-state index < -0.39 is 0 Å². The minimum Gasteiger partial charge on any atom is -0.291 e. The number of imidazole rings is 1. The number of aromatic nitrogens is 3. The molecule has 0 spiro atoms. The Morgan fingerprint density at radius 1 is 1.64 bits per heavy atom. The van der Waals surface area contributed by atoms with Gasteiger partial charge in [0.1, 0.15) is 5.69 Å². The molecule has 0 saturated carbocycles. The molecule has 0 unspecified atom stereocenters. The van der Waals surface area contributed by atoms with E-state index in [1.54, 1.807) is 16.8 Å². The van der Waals surface area contributed by atoms with Crippen LogP contribution in [0.1, 0.15) is 16.2 Å². The number of hydrogen-bond donors (Lipinski definition) is 0. The fourth-order valence-corrected chi connectivity index (χ4v) is 1.65. The molecule has 14 heavy (non-hydrogen) atoms. The first kappa shape index (κ1) is 9.33. The SMILES string of the molecule is Cc1nc2cccnn2c1C(=O)CBr. The molecule has 0 N–H and O–H groups in total. The van der Waals surface area contributed by atoms with Crippen molar-refractivity contribution in [3.63, 3.8) is 0 Å². The largest absolute Gasteiger partial charge is 0.291 e. The van der Waals surface area contributed by atoms with Crippen molar-refractivity contribution in [1.29, 1.82) is 0 Å². The Morgan fingerprint density at radius 2 is 2.43 bits per heavy atom. The highest BCUT2D eigenvalue weighted by Gasteiger charge is 2.15. The van der Waals surface area contributed by atoms with Gasteiger partial charge in [-0.15, -0.1) is 0 Å². The summed E-state index contributed by atoms with van der Waals surface area (Å²) in [5.41, 5.74) is 1.97. The molecule has 0 bridgehead atoms. The molecule has 2 aromatic rings. The summed E-state index contributed by atoms with van der Waals surface area (Å²) in [7, 11) is 0. The van der Waals surface area contributed by atoms with Crippen LogP contribution < -0.4 is 0 Å². The number of aryl methyl sites for hydroxylation is 1. The zero-order valence-electron chi connectivity index (χ0n) is 7.57. The predicted molar refractivity (Wildman–Crippen MR) is 55.8 cm³/mol. The first-order valence-electron chi connectivity index (χ1n) is 4.13. The average Bonchev–Trinajstić information content (AvgIpc) is 2.53. The van der Waals surface area contributed by atoms with Crippen LogP contribution in [0, 0.1) is 6.92 Å². The smallest absolute Gasteiger partial charge is 0.193 e. The third kappa shape index (κ3) is 1.33. The van der Waals surface area contributed by atoms with Gasteiger partial charge < -0.3 is 0 Å². The summed E-state index contributed by atoms with van der Waals surface area (Å²) in [5.74, 6) is -0.00583. The van der Waals surface area contributed by atoms with Crippen molar-refractivity contribution in [1.82, 2.24) is 14.6 Å². The van der Waals surface area contributed by atoms with Crippen LogP contribution >= 0.6 is 15.9 Å². The number of ketones is 1. The molecular weight excluding hydrogens is 246 g/mol. The number of nitrogens with zero attached hydrogens (tertiary/aromatic N) is 3. The number of fused-ring (bicyclic) bond motifs is 1. The number of carbonyl (C=O) groups is 1. The maximum Gasteiger partial charge on any atom is 0.193 e. The zero-order chi connectivity index (χ0) is 10.1. The van der Waals surface area contributed by atoms with Crippen molar-refractivity contribution in [2.45, 2.75) is 6.92 Å². The molecule has 4 nitrogen and oxygen atoms in total. The Balaban J connectivity index is 2.74. The van der Waals surface area contributed by atoms with Gasteiger partial charge in [-0.25, -0.2) is 9.50 Å². The van der Waals surface area contributed by atoms with Crippen LogP contribution in [0.5, 0.6) is 0 Å². The van der Waals surface area contributed by atoms with E-state index >= 15 is 0 Å². The fourth-order valence-electron chi connectivity index (χ4n) is 1.38. The van der Waals surface area contributed by atoms with Crippen molar-refractivity contribution < 1.29 is 4.79 Å². The van der Waals surface area contributed by atoms with E-state index in [0.29, 0.717) is 17.0 Å².